The molecule has 3 rings (SSSR count). The molecule has 2 aromatic rings. The second-order valence-electron chi connectivity index (χ2n) is 5.20. The van der Waals surface area contributed by atoms with Crippen LogP contribution in [0.2, 0.25) is 0 Å². The van der Waals surface area contributed by atoms with Gasteiger partial charge in [0.2, 0.25) is 11.8 Å². The van der Waals surface area contributed by atoms with Crippen LogP contribution in [0.5, 0.6) is 0 Å². The van der Waals surface area contributed by atoms with E-state index in [1.165, 1.54) is 6.08 Å². The van der Waals surface area contributed by atoms with Crippen LogP contribution in [0.3, 0.4) is 0 Å². The highest BCUT2D eigenvalue weighted by Gasteiger charge is 2.22. The molecule has 0 unspecified atom stereocenters. The van der Waals surface area contributed by atoms with Crippen molar-refractivity contribution in [3.05, 3.63) is 66.2 Å². The minimum Gasteiger partial charge on any atom is -0.323 e. The van der Waals surface area contributed by atoms with Gasteiger partial charge in [-0.25, -0.2) is 0 Å². The van der Waals surface area contributed by atoms with E-state index >= 15 is 0 Å². The number of imide groups is 1. The number of fused-ring (bicyclic) bond motifs is 1. The van der Waals surface area contributed by atoms with Gasteiger partial charge in [-0.2, -0.15) is 0 Å². The Bertz CT molecular complexity index is 840. The van der Waals surface area contributed by atoms with Crippen LogP contribution in [0.15, 0.2) is 55.1 Å². The summed E-state index contributed by atoms with van der Waals surface area (Å²) in [6.45, 7) is 3.42. The number of carbonyl (C=O) groups excluding carboxylic acids is 3. The van der Waals surface area contributed by atoms with Crippen molar-refractivity contribution in [2.45, 2.75) is 6.42 Å². The highest BCUT2D eigenvalue weighted by Crippen LogP contribution is 2.26. The third kappa shape index (κ3) is 3.03. The van der Waals surface area contributed by atoms with E-state index in [0.717, 1.165) is 16.7 Å². The van der Waals surface area contributed by atoms with Gasteiger partial charge in [0.15, 0.2) is 0 Å². The van der Waals surface area contributed by atoms with Gasteiger partial charge in [0.1, 0.15) is 0 Å². The van der Waals surface area contributed by atoms with Gasteiger partial charge < -0.3 is 5.32 Å². The fourth-order valence-corrected chi connectivity index (χ4v) is 2.50. The van der Waals surface area contributed by atoms with Crippen molar-refractivity contribution in [1.82, 2.24) is 5.32 Å². The van der Waals surface area contributed by atoms with Gasteiger partial charge >= 0.3 is 0 Å². The SMILES string of the molecule is C=CC(=O)Nc1cccc(-c2ccc3c(c2)C(=O)NC(=O)C3)c1. The van der Waals surface area contributed by atoms with Gasteiger partial charge in [0.25, 0.3) is 5.91 Å². The van der Waals surface area contributed by atoms with E-state index in [1.807, 2.05) is 24.3 Å². The molecular weight excluding hydrogens is 292 g/mol. The monoisotopic (exact) mass is 306 g/mol. The van der Waals surface area contributed by atoms with Crippen LogP contribution >= 0.6 is 0 Å². The third-order valence-electron chi connectivity index (χ3n) is 3.61. The first-order chi connectivity index (χ1) is 11.1. The van der Waals surface area contributed by atoms with Crippen molar-refractivity contribution >= 4 is 23.4 Å². The van der Waals surface area contributed by atoms with E-state index in [1.54, 1.807) is 18.2 Å². The predicted molar refractivity (Wildman–Crippen MR) is 86.9 cm³/mol. The lowest BCUT2D eigenvalue weighted by molar-refractivity contribution is -0.119. The zero-order valence-corrected chi connectivity index (χ0v) is 12.3. The normalized spacial score (nSPS) is 13.0. The molecule has 1 aliphatic heterocycles. The molecule has 1 aliphatic rings. The minimum atomic E-state index is -0.380. The Morgan fingerprint density at radius 3 is 2.70 bits per heavy atom. The molecule has 23 heavy (non-hydrogen) atoms. The van der Waals surface area contributed by atoms with Crippen LogP contribution in [0.25, 0.3) is 11.1 Å². The maximum atomic E-state index is 11.9. The second kappa shape index (κ2) is 5.88. The summed E-state index contributed by atoms with van der Waals surface area (Å²) < 4.78 is 0. The zero-order chi connectivity index (χ0) is 16.4. The Hall–Kier alpha value is -3.21. The summed E-state index contributed by atoms with van der Waals surface area (Å²) in [7, 11) is 0. The van der Waals surface area contributed by atoms with E-state index in [-0.39, 0.29) is 24.1 Å². The molecule has 5 heteroatoms. The summed E-state index contributed by atoms with van der Waals surface area (Å²) in [4.78, 5) is 34.7. The molecule has 0 aromatic heterocycles. The molecule has 0 spiro atoms. The molecule has 5 nitrogen and oxygen atoms in total. The number of amides is 3. The average molecular weight is 306 g/mol. The number of carbonyl (C=O) groups is 3. The van der Waals surface area contributed by atoms with Gasteiger partial charge in [-0.15, -0.1) is 0 Å². The number of hydrogen-bond donors (Lipinski definition) is 2. The molecule has 0 aliphatic carbocycles. The first kappa shape index (κ1) is 14.7. The molecule has 1 heterocycles. The van der Waals surface area contributed by atoms with Gasteiger partial charge in [0, 0.05) is 11.3 Å². The minimum absolute atomic E-state index is 0.205. The van der Waals surface area contributed by atoms with Gasteiger partial charge in [-0.3, -0.25) is 19.7 Å². The number of benzene rings is 2. The lowest BCUT2D eigenvalue weighted by Crippen LogP contribution is -2.37. The van der Waals surface area contributed by atoms with Crippen LogP contribution in [-0.2, 0) is 16.0 Å². The van der Waals surface area contributed by atoms with E-state index in [9.17, 15) is 14.4 Å². The van der Waals surface area contributed by atoms with E-state index in [4.69, 9.17) is 0 Å². The lowest BCUT2D eigenvalue weighted by atomic mass is 9.94. The topological polar surface area (TPSA) is 75.3 Å². The largest absolute Gasteiger partial charge is 0.323 e. The Kier molecular flexibility index (Phi) is 3.76. The summed E-state index contributed by atoms with van der Waals surface area (Å²) in [5.41, 5.74) is 3.56. The number of hydrogen-bond acceptors (Lipinski definition) is 3. The molecule has 2 N–H and O–H groups in total. The quantitative estimate of drug-likeness (QED) is 0.675. The summed E-state index contributed by atoms with van der Waals surface area (Å²) in [5, 5.41) is 5.01. The molecule has 0 saturated carbocycles. The van der Waals surface area contributed by atoms with Crippen molar-refractivity contribution < 1.29 is 14.4 Å². The summed E-state index contributed by atoms with van der Waals surface area (Å²) in [6.07, 6.45) is 1.41. The van der Waals surface area contributed by atoms with Crippen LogP contribution in [0.4, 0.5) is 5.69 Å². The molecular formula is C18H14N2O3. The predicted octanol–water partition coefficient (Wildman–Crippen LogP) is 2.29. The third-order valence-corrected chi connectivity index (χ3v) is 3.61. The Morgan fingerprint density at radius 2 is 1.91 bits per heavy atom. The summed E-state index contributed by atoms with van der Waals surface area (Å²) >= 11 is 0. The fourth-order valence-electron chi connectivity index (χ4n) is 2.50. The van der Waals surface area contributed by atoms with E-state index in [2.05, 4.69) is 17.2 Å². The first-order valence-corrected chi connectivity index (χ1v) is 7.08. The van der Waals surface area contributed by atoms with Gasteiger partial charge in [-0.05, 0) is 41.0 Å². The molecule has 2 aromatic carbocycles. The molecule has 0 saturated heterocycles. The second-order valence-corrected chi connectivity index (χ2v) is 5.20. The highest BCUT2D eigenvalue weighted by molar-refractivity contribution is 6.10. The molecule has 114 valence electrons. The van der Waals surface area contributed by atoms with Crippen molar-refractivity contribution in [2.24, 2.45) is 0 Å². The fraction of sp³-hybridized carbons (Fsp3) is 0.0556. The van der Waals surface area contributed by atoms with Crippen molar-refractivity contribution in [3.8, 4) is 11.1 Å². The van der Waals surface area contributed by atoms with Crippen molar-refractivity contribution in [3.63, 3.8) is 0 Å². The Labute approximate surface area is 133 Å². The van der Waals surface area contributed by atoms with E-state index in [0.29, 0.717) is 11.3 Å². The number of nitrogens with one attached hydrogen (secondary N) is 2. The Morgan fingerprint density at radius 1 is 1.13 bits per heavy atom. The molecule has 0 radical (unpaired) electrons. The maximum Gasteiger partial charge on any atom is 0.258 e. The molecule has 0 fully saturated rings. The van der Waals surface area contributed by atoms with E-state index < -0.39 is 0 Å². The highest BCUT2D eigenvalue weighted by atomic mass is 16.2. The average Bonchev–Trinajstić information content (AvgIpc) is 2.54. The van der Waals surface area contributed by atoms with Gasteiger partial charge in [0.05, 0.1) is 6.42 Å². The standard InChI is InChI=1S/C18H14N2O3/c1-2-16(21)19-14-5-3-4-11(8-14)12-6-7-13-10-17(22)20-18(23)15(13)9-12/h2-9H,1,10H2,(H,19,21)(H,20,22,23). The summed E-state index contributed by atoms with van der Waals surface area (Å²) in [6, 6.07) is 12.7. The maximum absolute atomic E-state index is 11.9. The van der Waals surface area contributed by atoms with Crippen LogP contribution in [0, 0.1) is 0 Å². The Balaban J connectivity index is 1.96. The summed E-state index contributed by atoms with van der Waals surface area (Å²) in [5.74, 6) is -0.955. The molecule has 0 atom stereocenters. The lowest BCUT2D eigenvalue weighted by Gasteiger charge is -2.16. The van der Waals surface area contributed by atoms with Crippen molar-refractivity contribution in [1.29, 1.82) is 0 Å². The van der Waals surface area contributed by atoms with Gasteiger partial charge in [-0.1, -0.05) is 30.8 Å². The van der Waals surface area contributed by atoms with Crippen LogP contribution in [-0.4, -0.2) is 17.7 Å². The van der Waals surface area contributed by atoms with Crippen molar-refractivity contribution in [2.75, 3.05) is 5.32 Å². The number of rotatable bonds is 3. The molecule has 0 bridgehead atoms. The smallest absolute Gasteiger partial charge is 0.258 e. The van der Waals surface area contributed by atoms with Crippen LogP contribution < -0.4 is 10.6 Å². The zero-order valence-electron chi connectivity index (χ0n) is 12.3. The molecule has 3 amide bonds. The number of anilines is 1. The van der Waals surface area contributed by atoms with Crippen LogP contribution in [0.1, 0.15) is 15.9 Å². The first-order valence-electron chi connectivity index (χ1n) is 7.08.